The number of rotatable bonds is 6. The van der Waals surface area contributed by atoms with E-state index in [4.69, 9.17) is 10.5 Å². The zero-order chi connectivity index (χ0) is 12.9. The van der Waals surface area contributed by atoms with E-state index in [1.165, 1.54) is 19.3 Å². The van der Waals surface area contributed by atoms with E-state index in [0.717, 1.165) is 26.3 Å². The number of likely N-dealkylation sites (tertiary alicyclic amines) is 1. The summed E-state index contributed by atoms with van der Waals surface area (Å²) >= 11 is 0. The first-order valence-corrected chi connectivity index (χ1v) is 7.02. The highest BCUT2D eigenvalue weighted by Gasteiger charge is 2.36. The molecule has 1 atom stereocenters. The summed E-state index contributed by atoms with van der Waals surface area (Å²) in [5.41, 5.74) is 6.52. The molecule has 1 heterocycles. The van der Waals surface area contributed by atoms with E-state index in [9.17, 15) is 0 Å². The number of ether oxygens (including phenoxy) is 1. The molecular weight excluding hydrogens is 212 g/mol. The Kier molecular flexibility index (Phi) is 5.42. The fourth-order valence-electron chi connectivity index (χ4n) is 2.54. The van der Waals surface area contributed by atoms with Crippen LogP contribution in [0.1, 0.15) is 47.0 Å². The third-order valence-electron chi connectivity index (χ3n) is 4.64. The minimum Gasteiger partial charge on any atom is -0.380 e. The van der Waals surface area contributed by atoms with E-state index < -0.39 is 0 Å². The summed E-state index contributed by atoms with van der Waals surface area (Å²) in [6, 6.07) is 0. The topological polar surface area (TPSA) is 38.5 Å². The lowest BCUT2D eigenvalue weighted by Crippen LogP contribution is -2.58. The van der Waals surface area contributed by atoms with Crippen LogP contribution in [0, 0.1) is 5.41 Å². The van der Waals surface area contributed by atoms with Crippen molar-refractivity contribution in [2.75, 3.05) is 32.8 Å². The van der Waals surface area contributed by atoms with Gasteiger partial charge in [0, 0.05) is 13.2 Å². The van der Waals surface area contributed by atoms with Crippen LogP contribution in [-0.2, 0) is 4.74 Å². The molecular formula is C14H30N2O. The molecule has 0 radical (unpaired) electrons. The van der Waals surface area contributed by atoms with E-state index in [1.54, 1.807) is 0 Å². The highest BCUT2D eigenvalue weighted by atomic mass is 16.5. The van der Waals surface area contributed by atoms with Gasteiger partial charge < -0.3 is 10.5 Å². The molecule has 0 aromatic heterocycles. The van der Waals surface area contributed by atoms with Crippen LogP contribution in [0.3, 0.4) is 0 Å². The number of hydrogen-bond donors (Lipinski definition) is 1. The van der Waals surface area contributed by atoms with Gasteiger partial charge in [-0.2, -0.15) is 0 Å². The van der Waals surface area contributed by atoms with Gasteiger partial charge in [0.1, 0.15) is 0 Å². The summed E-state index contributed by atoms with van der Waals surface area (Å²) in [5, 5.41) is 0. The first-order valence-electron chi connectivity index (χ1n) is 7.02. The lowest BCUT2D eigenvalue weighted by molar-refractivity contribution is -0.0209. The largest absolute Gasteiger partial charge is 0.380 e. The van der Waals surface area contributed by atoms with Crippen molar-refractivity contribution < 1.29 is 4.74 Å². The SMILES string of the molecule is CCOCC(C)(CN)N1CCC(C)(CC)CC1. The van der Waals surface area contributed by atoms with Gasteiger partial charge in [0.25, 0.3) is 0 Å². The second kappa shape index (κ2) is 6.17. The van der Waals surface area contributed by atoms with Crippen LogP contribution in [-0.4, -0.2) is 43.3 Å². The second-order valence-corrected chi connectivity index (χ2v) is 5.99. The molecule has 3 nitrogen and oxygen atoms in total. The highest BCUT2D eigenvalue weighted by Crippen LogP contribution is 2.36. The summed E-state index contributed by atoms with van der Waals surface area (Å²) in [6.45, 7) is 13.5. The van der Waals surface area contributed by atoms with Crippen molar-refractivity contribution in [3.05, 3.63) is 0 Å². The number of nitrogens with two attached hydrogens (primary N) is 1. The van der Waals surface area contributed by atoms with Crippen LogP contribution < -0.4 is 5.73 Å². The maximum atomic E-state index is 5.96. The molecule has 17 heavy (non-hydrogen) atoms. The molecule has 1 aliphatic rings. The van der Waals surface area contributed by atoms with E-state index in [0.29, 0.717) is 12.0 Å². The van der Waals surface area contributed by atoms with E-state index in [2.05, 4.69) is 25.7 Å². The minimum absolute atomic E-state index is 0.0189. The molecule has 0 bridgehead atoms. The Bertz CT molecular complexity index is 224. The Hall–Kier alpha value is -0.120. The molecule has 0 aromatic rings. The Morgan fingerprint density at radius 3 is 2.29 bits per heavy atom. The van der Waals surface area contributed by atoms with E-state index in [1.807, 2.05) is 6.92 Å². The zero-order valence-electron chi connectivity index (χ0n) is 12.1. The van der Waals surface area contributed by atoms with Crippen molar-refractivity contribution in [3.8, 4) is 0 Å². The molecule has 0 aromatic carbocycles. The fraction of sp³-hybridized carbons (Fsp3) is 1.00. The quantitative estimate of drug-likeness (QED) is 0.776. The molecule has 1 saturated heterocycles. The predicted octanol–water partition coefficient (Wildman–Crippen LogP) is 2.25. The lowest BCUT2D eigenvalue weighted by Gasteiger charge is -2.47. The molecule has 1 fully saturated rings. The van der Waals surface area contributed by atoms with Crippen LogP contribution in [0.2, 0.25) is 0 Å². The first-order chi connectivity index (χ1) is 7.99. The molecule has 0 aliphatic carbocycles. The van der Waals surface area contributed by atoms with Crippen molar-refractivity contribution in [2.45, 2.75) is 52.5 Å². The van der Waals surface area contributed by atoms with Crippen molar-refractivity contribution in [3.63, 3.8) is 0 Å². The standard InChI is InChI=1S/C14H30N2O/c1-5-13(3)7-9-16(10-8-13)14(4,11-15)12-17-6-2/h5-12,15H2,1-4H3. The van der Waals surface area contributed by atoms with Crippen LogP contribution in [0.4, 0.5) is 0 Å². The molecule has 0 saturated carbocycles. The molecule has 102 valence electrons. The molecule has 3 heteroatoms. The maximum absolute atomic E-state index is 5.96. The Balaban J connectivity index is 2.55. The van der Waals surface area contributed by atoms with Gasteiger partial charge in [-0.25, -0.2) is 0 Å². The van der Waals surface area contributed by atoms with Gasteiger partial charge in [-0.05, 0) is 45.2 Å². The molecule has 1 unspecified atom stereocenters. The average Bonchev–Trinajstić information content (AvgIpc) is 2.37. The van der Waals surface area contributed by atoms with Crippen LogP contribution in [0.25, 0.3) is 0 Å². The number of nitrogens with zero attached hydrogens (tertiary/aromatic N) is 1. The Morgan fingerprint density at radius 2 is 1.88 bits per heavy atom. The third kappa shape index (κ3) is 3.67. The molecule has 1 aliphatic heterocycles. The molecule has 0 amide bonds. The smallest absolute Gasteiger partial charge is 0.0659 e. The summed E-state index contributed by atoms with van der Waals surface area (Å²) in [5.74, 6) is 0. The molecule has 1 rings (SSSR count). The summed E-state index contributed by atoms with van der Waals surface area (Å²) in [6.07, 6.45) is 3.85. The predicted molar refractivity (Wildman–Crippen MR) is 73.2 cm³/mol. The molecule has 0 spiro atoms. The monoisotopic (exact) mass is 242 g/mol. The number of piperidine rings is 1. The van der Waals surface area contributed by atoms with Gasteiger partial charge in [-0.3, -0.25) is 4.90 Å². The van der Waals surface area contributed by atoms with Crippen LogP contribution >= 0.6 is 0 Å². The van der Waals surface area contributed by atoms with Gasteiger partial charge in [-0.1, -0.05) is 20.3 Å². The van der Waals surface area contributed by atoms with Gasteiger partial charge >= 0.3 is 0 Å². The maximum Gasteiger partial charge on any atom is 0.0659 e. The van der Waals surface area contributed by atoms with Gasteiger partial charge in [0.05, 0.1) is 12.1 Å². The third-order valence-corrected chi connectivity index (χ3v) is 4.64. The summed E-state index contributed by atoms with van der Waals surface area (Å²) in [4.78, 5) is 2.53. The van der Waals surface area contributed by atoms with Crippen LogP contribution in [0.5, 0.6) is 0 Å². The summed E-state index contributed by atoms with van der Waals surface area (Å²) < 4.78 is 5.60. The van der Waals surface area contributed by atoms with E-state index >= 15 is 0 Å². The molecule has 2 N–H and O–H groups in total. The first kappa shape index (κ1) is 14.9. The highest BCUT2D eigenvalue weighted by molar-refractivity contribution is 4.92. The van der Waals surface area contributed by atoms with Gasteiger partial charge in [-0.15, -0.1) is 0 Å². The fourth-order valence-corrected chi connectivity index (χ4v) is 2.54. The van der Waals surface area contributed by atoms with Crippen molar-refractivity contribution in [2.24, 2.45) is 11.1 Å². The van der Waals surface area contributed by atoms with Crippen LogP contribution in [0.15, 0.2) is 0 Å². The van der Waals surface area contributed by atoms with Gasteiger partial charge in [0.2, 0.25) is 0 Å². The average molecular weight is 242 g/mol. The van der Waals surface area contributed by atoms with Crippen molar-refractivity contribution >= 4 is 0 Å². The van der Waals surface area contributed by atoms with Gasteiger partial charge in [0.15, 0.2) is 0 Å². The Labute approximate surface area is 107 Å². The van der Waals surface area contributed by atoms with Crippen molar-refractivity contribution in [1.82, 2.24) is 4.90 Å². The van der Waals surface area contributed by atoms with Crippen molar-refractivity contribution in [1.29, 1.82) is 0 Å². The Morgan fingerprint density at radius 1 is 1.29 bits per heavy atom. The summed E-state index contributed by atoms with van der Waals surface area (Å²) in [7, 11) is 0. The second-order valence-electron chi connectivity index (χ2n) is 5.99. The zero-order valence-corrected chi connectivity index (χ0v) is 12.1. The lowest BCUT2D eigenvalue weighted by atomic mass is 9.77. The van der Waals surface area contributed by atoms with E-state index in [-0.39, 0.29) is 5.54 Å². The minimum atomic E-state index is 0.0189. The number of hydrogen-bond acceptors (Lipinski definition) is 3. The normalized spacial score (nSPS) is 24.5.